The van der Waals surface area contributed by atoms with Gasteiger partial charge in [0.25, 0.3) is 0 Å². The van der Waals surface area contributed by atoms with Crippen molar-refractivity contribution >= 4 is 47.2 Å². The van der Waals surface area contributed by atoms with Gasteiger partial charge in [-0.15, -0.1) is 0 Å². The highest BCUT2D eigenvalue weighted by Crippen LogP contribution is 2.00. The third-order valence-corrected chi connectivity index (χ3v) is 1.30. The largest absolute Gasteiger partial charge is 0.446 e. The molecule has 0 aliphatic carbocycles. The number of carbonyl (C=O) groups is 1. The van der Waals surface area contributed by atoms with Crippen LogP contribution in [0.15, 0.2) is 30.3 Å². The monoisotopic (exact) mass is 304 g/mol. The maximum absolute atomic E-state index is 10.9. The van der Waals surface area contributed by atoms with Crippen molar-refractivity contribution in [2.24, 2.45) is 0 Å². The highest BCUT2D eigenvalue weighted by Gasteiger charge is 2.03. The smallest absolute Gasteiger partial charge is 0.339 e. The van der Waals surface area contributed by atoms with E-state index in [1.165, 1.54) is 0 Å². The zero-order chi connectivity index (χ0) is 12.6. The number of halogens is 3. The van der Waals surface area contributed by atoms with Crippen LogP contribution in [0.3, 0.4) is 0 Å². The Balaban J connectivity index is 0.000000385. The highest BCUT2D eigenvalue weighted by molar-refractivity contribution is 8.31. The molecule has 1 aromatic rings. The summed E-state index contributed by atoms with van der Waals surface area (Å²) in [6.07, 6.45) is 0. The molecule has 0 saturated heterocycles. The van der Waals surface area contributed by atoms with E-state index in [-0.39, 0.29) is 12.0 Å². The number of hydrogen-bond acceptors (Lipinski definition) is 4. The Bertz CT molecular complexity index is 410. The van der Waals surface area contributed by atoms with Crippen LogP contribution in [0.5, 0.6) is 0 Å². The molecular formula is C8H7Cl3O4S. The lowest BCUT2D eigenvalue weighted by Crippen LogP contribution is -2.02. The van der Waals surface area contributed by atoms with E-state index in [1.807, 2.05) is 6.07 Å². The number of hydrogen-bond donors (Lipinski definition) is 0. The van der Waals surface area contributed by atoms with Crippen molar-refractivity contribution in [2.75, 3.05) is 6.07 Å². The average molecular weight is 306 g/mol. The molecule has 1 aromatic carbocycles. The average Bonchev–Trinajstić information content (AvgIpc) is 2.17. The molecule has 0 atom stereocenters. The van der Waals surface area contributed by atoms with Gasteiger partial charge in [0, 0.05) is 21.4 Å². The maximum atomic E-state index is 10.9. The van der Waals surface area contributed by atoms with Gasteiger partial charge < -0.3 is 4.74 Å². The summed E-state index contributed by atoms with van der Waals surface area (Å²) >= 11 is 5.20. The lowest BCUT2D eigenvalue weighted by atomic mass is 10.2. The van der Waals surface area contributed by atoms with Crippen LogP contribution >= 0.6 is 33.0 Å². The van der Waals surface area contributed by atoms with E-state index in [0.29, 0.717) is 5.56 Å². The normalized spacial score (nSPS) is 9.94. The van der Waals surface area contributed by atoms with Crippen molar-refractivity contribution in [1.29, 1.82) is 0 Å². The van der Waals surface area contributed by atoms with Crippen LogP contribution in [0.2, 0.25) is 0 Å². The third-order valence-electron chi connectivity index (χ3n) is 1.20. The minimum atomic E-state index is -3.72. The topological polar surface area (TPSA) is 60.4 Å². The molecule has 0 unspecified atom stereocenters. The van der Waals surface area contributed by atoms with Crippen LogP contribution < -0.4 is 0 Å². The van der Waals surface area contributed by atoms with Crippen LogP contribution in [-0.4, -0.2) is 20.5 Å². The van der Waals surface area contributed by atoms with Gasteiger partial charge in [0.15, 0.2) is 6.07 Å². The lowest BCUT2D eigenvalue weighted by Gasteiger charge is -1.98. The minimum absolute atomic E-state index is 0.103. The fourth-order valence-electron chi connectivity index (χ4n) is 0.707. The van der Waals surface area contributed by atoms with E-state index in [4.69, 9.17) is 20.0 Å². The van der Waals surface area contributed by atoms with Gasteiger partial charge in [0.2, 0.25) is 0 Å². The molecule has 0 spiro atoms. The van der Waals surface area contributed by atoms with E-state index >= 15 is 0 Å². The molecule has 0 aliphatic heterocycles. The molecule has 0 N–H and O–H groups in total. The molecule has 0 radical (unpaired) electrons. The number of ether oxygens (including phenoxy) is 1. The summed E-state index contributed by atoms with van der Waals surface area (Å²) in [4.78, 5) is 10.9. The molecule has 90 valence electrons. The van der Waals surface area contributed by atoms with Gasteiger partial charge in [-0.1, -0.05) is 29.8 Å². The Labute approximate surface area is 107 Å². The number of carbonyl (C=O) groups excluding carboxylic acids is 1. The summed E-state index contributed by atoms with van der Waals surface area (Å²) in [6.45, 7) is 0. The zero-order valence-electron chi connectivity index (χ0n) is 7.77. The number of alkyl halides is 1. The molecular weight excluding hydrogens is 299 g/mol. The summed E-state index contributed by atoms with van der Waals surface area (Å²) in [7, 11) is 4.81. The van der Waals surface area contributed by atoms with Crippen LogP contribution in [0.25, 0.3) is 0 Å². The third kappa shape index (κ3) is 10.0. The fraction of sp³-hybridized carbons (Fsp3) is 0.125. The van der Waals surface area contributed by atoms with Gasteiger partial charge in [-0.3, -0.25) is 0 Å². The molecule has 0 fully saturated rings. The van der Waals surface area contributed by atoms with Crippen molar-refractivity contribution in [1.82, 2.24) is 0 Å². The van der Waals surface area contributed by atoms with Crippen LogP contribution in [0, 0.1) is 0 Å². The summed E-state index contributed by atoms with van der Waals surface area (Å²) in [6, 6.07) is 8.62. The Hall–Kier alpha value is -0.490. The molecule has 0 heterocycles. The second-order valence-corrected chi connectivity index (χ2v) is 6.17. The second-order valence-electron chi connectivity index (χ2n) is 2.29. The molecule has 0 amide bonds. The van der Waals surface area contributed by atoms with Crippen molar-refractivity contribution < 1.29 is 17.9 Å². The Morgan fingerprint density at radius 3 is 2.00 bits per heavy atom. The van der Waals surface area contributed by atoms with Gasteiger partial charge in [0.05, 0.1) is 5.56 Å². The van der Waals surface area contributed by atoms with Gasteiger partial charge >= 0.3 is 14.2 Å². The van der Waals surface area contributed by atoms with Crippen molar-refractivity contribution in [3.8, 4) is 0 Å². The first-order chi connectivity index (χ1) is 7.34. The first-order valence-corrected chi connectivity index (χ1v) is 7.44. The Morgan fingerprint density at radius 2 is 1.62 bits per heavy atom. The molecule has 4 nitrogen and oxygen atoms in total. The van der Waals surface area contributed by atoms with Crippen LogP contribution in [0.4, 0.5) is 0 Å². The van der Waals surface area contributed by atoms with Gasteiger partial charge in [0.1, 0.15) is 0 Å². The molecule has 0 bridgehead atoms. The van der Waals surface area contributed by atoms with E-state index in [1.54, 1.807) is 24.3 Å². The van der Waals surface area contributed by atoms with Gasteiger partial charge in [-0.25, -0.2) is 4.79 Å². The zero-order valence-corrected chi connectivity index (χ0v) is 10.9. The van der Waals surface area contributed by atoms with Crippen LogP contribution in [-0.2, 0) is 13.0 Å². The fourth-order valence-corrected chi connectivity index (χ4v) is 0.806. The molecule has 0 aromatic heterocycles. The maximum Gasteiger partial charge on any atom is 0.339 e. The first-order valence-electron chi connectivity index (χ1n) is 3.77. The van der Waals surface area contributed by atoms with Crippen molar-refractivity contribution in [3.05, 3.63) is 35.9 Å². The Morgan fingerprint density at radius 1 is 1.19 bits per heavy atom. The van der Waals surface area contributed by atoms with E-state index in [2.05, 4.69) is 26.1 Å². The quantitative estimate of drug-likeness (QED) is 0.479. The molecule has 1 rings (SSSR count). The van der Waals surface area contributed by atoms with Gasteiger partial charge in [-0.2, -0.15) is 8.42 Å². The number of rotatable bonds is 2. The predicted octanol–water partition coefficient (Wildman–Crippen LogP) is 2.75. The predicted molar refractivity (Wildman–Crippen MR) is 63.2 cm³/mol. The second kappa shape index (κ2) is 7.73. The molecule has 8 heteroatoms. The Kier molecular flexibility index (Phi) is 7.49. The SMILES string of the molecule is O=C(OCCl)c1ccccc1.O=S(=O)(Cl)Cl. The van der Waals surface area contributed by atoms with Gasteiger partial charge in [-0.05, 0) is 12.1 Å². The van der Waals surface area contributed by atoms with Crippen molar-refractivity contribution in [2.45, 2.75) is 0 Å². The van der Waals surface area contributed by atoms with Crippen molar-refractivity contribution in [3.63, 3.8) is 0 Å². The molecule has 0 saturated carbocycles. The standard InChI is InChI=1S/C8H7ClO2.Cl2O2S/c9-6-11-8(10)7-4-2-1-3-5-7;1-5(2,3)4/h1-5H,6H2;. The van der Waals surface area contributed by atoms with Crippen LogP contribution in [0.1, 0.15) is 10.4 Å². The summed E-state index contributed by atoms with van der Waals surface area (Å²) in [5.74, 6) is -0.388. The highest BCUT2D eigenvalue weighted by atomic mass is 36.0. The summed E-state index contributed by atoms with van der Waals surface area (Å²) in [5, 5.41) is 0. The summed E-state index contributed by atoms with van der Waals surface area (Å²) < 4.78 is 22.9. The number of benzene rings is 1. The molecule has 16 heavy (non-hydrogen) atoms. The summed E-state index contributed by atoms with van der Waals surface area (Å²) in [5.41, 5.74) is 0.521. The minimum Gasteiger partial charge on any atom is -0.446 e. The lowest BCUT2D eigenvalue weighted by molar-refractivity contribution is 0.0574. The van der Waals surface area contributed by atoms with E-state index < -0.39 is 8.26 Å². The molecule has 0 aliphatic rings. The van der Waals surface area contributed by atoms with E-state index in [9.17, 15) is 4.79 Å². The van der Waals surface area contributed by atoms with E-state index in [0.717, 1.165) is 0 Å². The number of esters is 1. The first kappa shape index (κ1) is 15.5.